The van der Waals surface area contributed by atoms with E-state index < -0.39 is 0 Å². The van der Waals surface area contributed by atoms with Gasteiger partial charge in [0.1, 0.15) is 0 Å². The SMILES string of the molecule is CCC1CC(CC)C(CCCC(O)CCC2OCCCO2)C1.[Ac]. The Labute approximate surface area is 178 Å². The van der Waals surface area contributed by atoms with Crippen molar-refractivity contribution in [2.24, 2.45) is 17.8 Å². The Morgan fingerprint density at radius 1 is 0.957 bits per heavy atom. The Morgan fingerprint density at radius 2 is 1.65 bits per heavy atom. The minimum atomic E-state index is -0.183. The van der Waals surface area contributed by atoms with Gasteiger partial charge in [-0.2, -0.15) is 0 Å². The molecule has 3 nitrogen and oxygen atoms in total. The molecule has 0 aromatic rings. The zero-order valence-electron chi connectivity index (χ0n) is 15.2. The molecule has 4 unspecified atom stereocenters. The van der Waals surface area contributed by atoms with Crippen LogP contribution in [0.15, 0.2) is 0 Å². The van der Waals surface area contributed by atoms with Crippen molar-refractivity contribution in [3.05, 3.63) is 0 Å². The zero-order valence-corrected chi connectivity index (χ0v) is 20.0. The molecule has 0 aromatic carbocycles. The van der Waals surface area contributed by atoms with Crippen LogP contribution in [0.4, 0.5) is 0 Å². The molecule has 0 spiro atoms. The van der Waals surface area contributed by atoms with Crippen LogP contribution < -0.4 is 0 Å². The van der Waals surface area contributed by atoms with Crippen LogP contribution in [0.1, 0.15) is 78.1 Å². The predicted molar refractivity (Wildman–Crippen MR) is 89.7 cm³/mol. The summed E-state index contributed by atoms with van der Waals surface area (Å²) >= 11 is 0. The van der Waals surface area contributed by atoms with Gasteiger partial charge in [0.25, 0.3) is 0 Å². The molecular formula is C19H36AcO3. The van der Waals surface area contributed by atoms with E-state index in [9.17, 15) is 5.11 Å². The zero-order chi connectivity index (χ0) is 15.8. The summed E-state index contributed by atoms with van der Waals surface area (Å²) in [6.07, 6.45) is 11.3. The number of aliphatic hydroxyl groups is 1. The quantitative estimate of drug-likeness (QED) is 0.469. The molecule has 1 radical (unpaired) electrons. The molecule has 1 saturated carbocycles. The first kappa shape index (κ1) is 22.4. The average molecular weight is 539 g/mol. The summed E-state index contributed by atoms with van der Waals surface area (Å²) in [5, 5.41) is 10.2. The topological polar surface area (TPSA) is 38.7 Å². The summed E-state index contributed by atoms with van der Waals surface area (Å²) in [6, 6.07) is 0. The Balaban J connectivity index is 0.00000264. The summed E-state index contributed by atoms with van der Waals surface area (Å²) in [4.78, 5) is 0. The van der Waals surface area contributed by atoms with Gasteiger partial charge in [0.15, 0.2) is 6.29 Å². The number of hydrogen-bond donors (Lipinski definition) is 1. The maximum atomic E-state index is 10.2. The summed E-state index contributed by atoms with van der Waals surface area (Å²) < 4.78 is 11.1. The maximum absolute atomic E-state index is 10.2. The molecule has 1 heterocycles. The molecule has 1 saturated heterocycles. The van der Waals surface area contributed by atoms with Crippen LogP contribution in [-0.4, -0.2) is 30.7 Å². The van der Waals surface area contributed by atoms with E-state index in [4.69, 9.17) is 9.47 Å². The minimum absolute atomic E-state index is 0. The third-order valence-electron chi connectivity index (χ3n) is 5.78. The van der Waals surface area contributed by atoms with Gasteiger partial charge in [0.05, 0.1) is 19.3 Å². The van der Waals surface area contributed by atoms with Crippen LogP contribution in [-0.2, 0) is 9.47 Å². The third-order valence-corrected chi connectivity index (χ3v) is 5.78. The molecule has 0 aromatic heterocycles. The van der Waals surface area contributed by atoms with Gasteiger partial charge in [-0.3, -0.25) is 0 Å². The molecule has 23 heavy (non-hydrogen) atoms. The van der Waals surface area contributed by atoms with E-state index in [2.05, 4.69) is 13.8 Å². The molecule has 2 rings (SSSR count). The van der Waals surface area contributed by atoms with E-state index in [1.54, 1.807) is 0 Å². The predicted octanol–water partition coefficient (Wildman–Crippen LogP) is 4.52. The smallest absolute Gasteiger partial charge is 0.157 e. The van der Waals surface area contributed by atoms with Gasteiger partial charge in [0, 0.05) is 50.5 Å². The maximum Gasteiger partial charge on any atom is 0.157 e. The van der Waals surface area contributed by atoms with Crippen LogP contribution in [0.25, 0.3) is 0 Å². The standard InChI is InChI=1S/C19H36O3.Ac/c1-3-15-13-16(4-2)17(14-15)7-5-8-18(20)9-10-19-21-11-6-12-22-19;/h15-20H,3-14H2,1-2H3;. The Morgan fingerprint density at radius 3 is 2.30 bits per heavy atom. The van der Waals surface area contributed by atoms with Crippen LogP contribution in [0.5, 0.6) is 0 Å². The summed E-state index contributed by atoms with van der Waals surface area (Å²) in [5.74, 6) is 2.80. The van der Waals surface area contributed by atoms with Crippen molar-refractivity contribution in [3.63, 3.8) is 0 Å². The summed E-state index contributed by atoms with van der Waals surface area (Å²) in [7, 11) is 0. The van der Waals surface area contributed by atoms with Crippen LogP contribution in [0.3, 0.4) is 0 Å². The van der Waals surface area contributed by atoms with Gasteiger partial charge in [-0.25, -0.2) is 0 Å². The van der Waals surface area contributed by atoms with Crippen molar-refractivity contribution in [2.75, 3.05) is 13.2 Å². The molecule has 4 heteroatoms. The third kappa shape index (κ3) is 8.04. The van der Waals surface area contributed by atoms with Crippen LogP contribution >= 0.6 is 0 Å². The molecule has 2 aliphatic rings. The molecule has 133 valence electrons. The van der Waals surface area contributed by atoms with Gasteiger partial charge in [-0.15, -0.1) is 0 Å². The van der Waals surface area contributed by atoms with E-state index in [-0.39, 0.29) is 56.5 Å². The van der Waals surface area contributed by atoms with Crippen molar-refractivity contribution in [1.29, 1.82) is 0 Å². The van der Waals surface area contributed by atoms with Gasteiger partial charge in [-0.05, 0) is 49.9 Å². The molecule has 2 fully saturated rings. The van der Waals surface area contributed by atoms with Gasteiger partial charge < -0.3 is 14.6 Å². The normalized spacial score (nSPS) is 30.1. The Hall–Kier alpha value is 1.32. The number of aliphatic hydroxyl groups excluding tert-OH is 1. The fraction of sp³-hybridized carbons (Fsp3) is 1.00. The first-order valence-electron chi connectivity index (χ1n) is 9.64. The van der Waals surface area contributed by atoms with Gasteiger partial charge in [-0.1, -0.05) is 39.5 Å². The first-order chi connectivity index (χ1) is 10.7. The summed E-state index contributed by atoms with van der Waals surface area (Å²) in [6.45, 7) is 6.28. The van der Waals surface area contributed by atoms with E-state index in [0.717, 1.165) is 56.7 Å². The molecule has 1 aliphatic carbocycles. The molecule has 0 bridgehead atoms. The minimum Gasteiger partial charge on any atom is -0.393 e. The number of ether oxygens (including phenoxy) is 2. The number of hydrogen-bond acceptors (Lipinski definition) is 3. The van der Waals surface area contributed by atoms with Crippen molar-refractivity contribution in [2.45, 2.75) is 90.4 Å². The second-order valence-electron chi connectivity index (χ2n) is 7.36. The van der Waals surface area contributed by atoms with Crippen LogP contribution in [0, 0.1) is 61.8 Å². The average Bonchev–Trinajstić information content (AvgIpc) is 2.96. The van der Waals surface area contributed by atoms with Crippen molar-refractivity contribution >= 4 is 0 Å². The second-order valence-corrected chi connectivity index (χ2v) is 7.36. The summed E-state index contributed by atoms with van der Waals surface area (Å²) in [5.41, 5.74) is 0. The molecule has 1 aliphatic heterocycles. The molecule has 1 N–H and O–H groups in total. The fourth-order valence-electron chi connectivity index (χ4n) is 4.32. The molecular weight excluding hydrogens is 503 g/mol. The van der Waals surface area contributed by atoms with Crippen molar-refractivity contribution < 1.29 is 58.6 Å². The monoisotopic (exact) mass is 539 g/mol. The van der Waals surface area contributed by atoms with E-state index in [1.165, 1.54) is 38.5 Å². The number of rotatable bonds is 9. The molecule has 0 amide bonds. The Kier molecular flexibility index (Phi) is 12.3. The Bertz CT molecular complexity index is 294. The van der Waals surface area contributed by atoms with E-state index in [1.807, 2.05) is 0 Å². The molecule has 4 atom stereocenters. The van der Waals surface area contributed by atoms with E-state index >= 15 is 0 Å². The van der Waals surface area contributed by atoms with Gasteiger partial charge in [0.2, 0.25) is 0 Å². The van der Waals surface area contributed by atoms with Crippen molar-refractivity contribution in [1.82, 2.24) is 0 Å². The van der Waals surface area contributed by atoms with Crippen molar-refractivity contribution in [3.8, 4) is 0 Å². The first-order valence-corrected chi connectivity index (χ1v) is 9.64. The van der Waals surface area contributed by atoms with Crippen LogP contribution in [0.2, 0.25) is 0 Å². The van der Waals surface area contributed by atoms with E-state index in [0.29, 0.717) is 0 Å². The fourth-order valence-corrected chi connectivity index (χ4v) is 4.32. The van der Waals surface area contributed by atoms with Gasteiger partial charge >= 0.3 is 0 Å². The largest absolute Gasteiger partial charge is 0.393 e. The second kappa shape index (κ2) is 12.6.